The molecule has 36 heavy (non-hydrogen) atoms. The summed E-state index contributed by atoms with van der Waals surface area (Å²) in [6, 6.07) is 2.20. The molecule has 1 fully saturated rings. The van der Waals surface area contributed by atoms with Crippen LogP contribution in [0.3, 0.4) is 0 Å². The lowest BCUT2D eigenvalue weighted by Crippen LogP contribution is -2.34. The van der Waals surface area contributed by atoms with Gasteiger partial charge in [-0.2, -0.15) is 13.2 Å². The Bertz CT molecular complexity index is 1080. The van der Waals surface area contributed by atoms with Gasteiger partial charge in [0.25, 0.3) is 5.91 Å². The molecular formula is C27H34F4N4O. The van der Waals surface area contributed by atoms with E-state index in [2.05, 4.69) is 15.6 Å². The Morgan fingerprint density at radius 1 is 1.19 bits per heavy atom. The standard InChI is InChI=1S/C27H34F4N4O/c1-16-9-10-19(26(36)34-18(3)21-13-17(2)23(32)14-22(21)28)11-12-33-25(27(29,30)31)15-24(16)35-20-7-5-4-6-8-20/h9-11,13-16,18,20,35H,4-8,12,32H2,1-3H3,(H,34,36)/b10-9?,19-11+,24-15+,33-25?. The number of nitrogen functional groups attached to an aromatic ring is 1. The summed E-state index contributed by atoms with van der Waals surface area (Å²) >= 11 is 0. The van der Waals surface area contributed by atoms with Crippen LogP contribution in [0.4, 0.5) is 23.2 Å². The van der Waals surface area contributed by atoms with Gasteiger partial charge in [0.1, 0.15) is 11.5 Å². The van der Waals surface area contributed by atoms with E-state index in [1.54, 1.807) is 39.0 Å². The van der Waals surface area contributed by atoms with Crippen molar-refractivity contribution in [3.05, 3.63) is 64.7 Å². The van der Waals surface area contributed by atoms with Crippen molar-refractivity contribution < 1.29 is 22.4 Å². The third kappa shape index (κ3) is 7.21. The smallest absolute Gasteiger partial charge is 0.398 e. The maximum atomic E-state index is 14.4. The topological polar surface area (TPSA) is 79.5 Å². The number of hydrogen-bond donors (Lipinski definition) is 3. The van der Waals surface area contributed by atoms with Crippen molar-refractivity contribution in [1.82, 2.24) is 10.6 Å². The van der Waals surface area contributed by atoms with Gasteiger partial charge in [0.2, 0.25) is 0 Å². The highest BCUT2D eigenvalue weighted by atomic mass is 19.4. The van der Waals surface area contributed by atoms with Gasteiger partial charge in [0, 0.05) is 34.5 Å². The summed E-state index contributed by atoms with van der Waals surface area (Å²) in [5, 5.41) is 6.03. The molecule has 2 aliphatic rings. The number of amides is 1. The maximum Gasteiger partial charge on any atom is 0.432 e. The molecule has 5 nitrogen and oxygen atoms in total. The predicted octanol–water partition coefficient (Wildman–Crippen LogP) is 5.84. The van der Waals surface area contributed by atoms with E-state index in [-0.39, 0.29) is 23.7 Å². The molecule has 4 N–H and O–H groups in total. The number of anilines is 1. The first-order valence-corrected chi connectivity index (χ1v) is 12.3. The van der Waals surface area contributed by atoms with Gasteiger partial charge >= 0.3 is 6.18 Å². The van der Waals surface area contributed by atoms with Crippen LogP contribution in [0.15, 0.2) is 52.7 Å². The van der Waals surface area contributed by atoms with Gasteiger partial charge < -0.3 is 16.4 Å². The molecule has 0 bridgehead atoms. The fraction of sp³-hybridized carbons (Fsp3) is 0.481. The van der Waals surface area contributed by atoms with Gasteiger partial charge in [-0.25, -0.2) is 4.39 Å². The molecule has 1 saturated carbocycles. The quantitative estimate of drug-likeness (QED) is 0.347. The number of nitrogens with two attached hydrogens (primary N) is 1. The number of aliphatic imine (C=N–C) groups is 1. The van der Waals surface area contributed by atoms with Crippen LogP contribution < -0.4 is 16.4 Å². The van der Waals surface area contributed by atoms with Gasteiger partial charge in [-0.05, 0) is 50.5 Å². The second-order valence-corrected chi connectivity index (χ2v) is 9.54. The Hall–Kier alpha value is -3.10. The molecule has 196 valence electrons. The number of allylic oxidation sites excluding steroid dienone is 2. The van der Waals surface area contributed by atoms with Crippen LogP contribution in [0.25, 0.3) is 0 Å². The van der Waals surface area contributed by atoms with Crippen LogP contribution in [0.1, 0.15) is 63.1 Å². The van der Waals surface area contributed by atoms with Crippen molar-refractivity contribution in [3.63, 3.8) is 0 Å². The van der Waals surface area contributed by atoms with Crippen LogP contribution in [-0.2, 0) is 4.79 Å². The molecule has 1 aromatic rings. The fourth-order valence-electron chi connectivity index (χ4n) is 4.39. The number of nitrogens with one attached hydrogen (secondary N) is 2. The lowest BCUT2D eigenvalue weighted by Gasteiger charge is -2.27. The molecule has 1 aliphatic heterocycles. The summed E-state index contributed by atoms with van der Waals surface area (Å²) in [6.07, 6.45) is 6.08. The van der Waals surface area contributed by atoms with E-state index in [4.69, 9.17) is 5.73 Å². The number of hydrogen-bond acceptors (Lipinski definition) is 4. The van der Waals surface area contributed by atoms with Crippen LogP contribution in [0.2, 0.25) is 0 Å². The van der Waals surface area contributed by atoms with E-state index in [0.717, 1.165) is 38.2 Å². The SMILES string of the molecule is Cc1cc(C(C)NC(=O)/C2=C/CN=C(C(F)(F)F)/C=C(/NC3CCCCC3)C(C)C=C2)c(F)cc1N. The second kappa shape index (κ2) is 11.8. The number of aryl methyl sites for hydroxylation is 1. The second-order valence-electron chi connectivity index (χ2n) is 9.54. The average molecular weight is 507 g/mol. The lowest BCUT2D eigenvalue weighted by molar-refractivity contribution is -0.117. The first kappa shape index (κ1) is 27.5. The van der Waals surface area contributed by atoms with Crippen molar-refractivity contribution in [1.29, 1.82) is 0 Å². The molecule has 1 aromatic carbocycles. The fourth-order valence-corrected chi connectivity index (χ4v) is 4.39. The van der Waals surface area contributed by atoms with Gasteiger partial charge in [-0.3, -0.25) is 9.79 Å². The highest BCUT2D eigenvalue weighted by Crippen LogP contribution is 2.26. The number of rotatable bonds is 5. The molecular weight excluding hydrogens is 472 g/mol. The Morgan fingerprint density at radius 2 is 1.89 bits per heavy atom. The Morgan fingerprint density at radius 3 is 2.56 bits per heavy atom. The van der Waals surface area contributed by atoms with E-state index >= 15 is 0 Å². The van der Waals surface area contributed by atoms with Crippen molar-refractivity contribution >= 4 is 17.3 Å². The summed E-state index contributed by atoms with van der Waals surface area (Å²) in [5.41, 5.74) is 6.59. The summed E-state index contributed by atoms with van der Waals surface area (Å²) < 4.78 is 55.6. The minimum atomic E-state index is -4.63. The van der Waals surface area contributed by atoms with Gasteiger partial charge in [-0.1, -0.05) is 44.4 Å². The average Bonchev–Trinajstić information content (AvgIpc) is 2.81. The highest BCUT2D eigenvalue weighted by Gasteiger charge is 2.35. The first-order chi connectivity index (χ1) is 17.0. The van der Waals surface area contributed by atoms with Gasteiger partial charge in [0.15, 0.2) is 0 Å². The Balaban J connectivity index is 1.85. The molecule has 0 radical (unpaired) electrons. The van der Waals surface area contributed by atoms with E-state index < -0.39 is 35.6 Å². The Kier molecular flexibility index (Phi) is 8.98. The predicted molar refractivity (Wildman–Crippen MR) is 135 cm³/mol. The zero-order chi connectivity index (χ0) is 26.5. The third-order valence-electron chi connectivity index (χ3n) is 6.65. The van der Waals surface area contributed by atoms with Gasteiger partial charge in [0.05, 0.1) is 12.6 Å². The molecule has 0 saturated heterocycles. The molecule has 0 aromatic heterocycles. The molecule has 2 atom stereocenters. The van der Waals surface area contributed by atoms with Gasteiger partial charge in [-0.15, -0.1) is 0 Å². The van der Waals surface area contributed by atoms with Crippen LogP contribution >= 0.6 is 0 Å². The molecule has 1 heterocycles. The minimum Gasteiger partial charge on any atom is -0.398 e. The molecule has 1 aliphatic carbocycles. The molecule has 2 unspecified atom stereocenters. The zero-order valence-electron chi connectivity index (χ0n) is 20.9. The van der Waals surface area contributed by atoms with E-state index in [1.165, 1.54) is 12.1 Å². The number of benzene rings is 1. The van der Waals surface area contributed by atoms with E-state index in [9.17, 15) is 22.4 Å². The molecule has 3 rings (SSSR count). The maximum absolute atomic E-state index is 14.4. The van der Waals surface area contributed by atoms with Crippen LogP contribution in [-0.4, -0.2) is 30.4 Å². The van der Waals surface area contributed by atoms with Crippen LogP contribution in [0.5, 0.6) is 0 Å². The third-order valence-corrected chi connectivity index (χ3v) is 6.65. The van der Waals surface area contributed by atoms with Crippen molar-refractivity contribution in [3.8, 4) is 0 Å². The van der Waals surface area contributed by atoms with E-state index in [1.807, 2.05) is 0 Å². The largest absolute Gasteiger partial charge is 0.432 e. The summed E-state index contributed by atoms with van der Waals surface area (Å²) in [5.74, 6) is -1.49. The van der Waals surface area contributed by atoms with Crippen molar-refractivity contribution in [2.75, 3.05) is 12.3 Å². The number of carbonyl (C=O) groups is 1. The summed E-state index contributed by atoms with van der Waals surface area (Å²) in [6.45, 7) is 4.82. The monoisotopic (exact) mass is 506 g/mol. The number of carbonyl (C=O) groups excluding carboxylic acids is 1. The molecule has 9 heteroatoms. The Labute approximate surface area is 209 Å². The number of halogens is 4. The number of nitrogens with zero attached hydrogens (tertiary/aromatic N) is 1. The number of alkyl halides is 3. The summed E-state index contributed by atoms with van der Waals surface area (Å²) in [7, 11) is 0. The highest BCUT2D eigenvalue weighted by molar-refractivity contribution is 6.00. The molecule has 0 spiro atoms. The normalized spacial score (nSPS) is 23.5. The van der Waals surface area contributed by atoms with Crippen molar-refractivity contribution in [2.24, 2.45) is 10.9 Å². The van der Waals surface area contributed by atoms with Crippen molar-refractivity contribution in [2.45, 2.75) is 71.1 Å². The lowest BCUT2D eigenvalue weighted by atomic mass is 9.93. The molecule has 1 amide bonds. The minimum absolute atomic E-state index is 0.107. The summed E-state index contributed by atoms with van der Waals surface area (Å²) in [4.78, 5) is 16.8. The zero-order valence-corrected chi connectivity index (χ0v) is 20.9. The van der Waals surface area contributed by atoms with E-state index in [0.29, 0.717) is 16.9 Å². The van der Waals surface area contributed by atoms with Crippen LogP contribution in [0, 0.1) is 18.7 Å². The first-order valence-electron chi connectivity index (χ1n) is 12.3.